The van der Waals surface area contributed by atoms with Crippen LogP contribution >= 0.6 is 23.1 Å². The first-order valence-electron chi connectivity index (χ1n) is 5.34. The van der Waals surface area contributed by atoms with Crippen LogP contribution < -0.4 is 16.4 Å². The van der Waals surface area contributed by atoms with Gasteiger partial charge in [0.25, 0.3) is 5.91 Å². The molecule has 0 saturated carbocycles. The van der Waals surface area contributed by atoms with Gasteiger partial charge in [-0.2, -0.15) is 11.8 Å². The summed E-state index contributed by atoms with van der Waals surface area (Å²) in [5, 5.41) is 6.63. The lowest BCUT2D eigenvalue weighted by molar-refractivity contribution is 0.0961. The molecule has 0 unspecified atom stereocenters. The fourth-order valence-electron chi connectivity index (χ4n) is 1.15. The molecule has 0 aliphatic heterocycles. The van der Waals surface area contributed by atoms with Gasteiger partial charge < -0.3 is 16.4 Å². The number of amides is 1. The van der Waals surface area contributed by atoms with Gasteiger partial charge in [-0.05, 0) is 20.1 Å². The van der Waals surface area contributed by atoms with Crippen molar-refractivity contribution in [2.24, 2.45) is 0 Å². The van der Waals surface area contributed by atoms with Crippen molar-refractivity contribution in [3.8, 4) is 0 Å². The summed E-state index contributed by atoms with van der Waals surface area (Å²) in [4.78, 5) is 16.4. The van der Waals surface area contributed by atoms with Crippen LogP contribution in [0.15, 0.2) is 0 Å². The average Bonchev–Trinajstić information content (AvgIpc) is 2.58. The fraction of sp³-hybridized carbons (Fsp3) is 0.600. The van der Waals surface area contributed by atoms with Crippen LogP contribution in [0.2, 0.25) is 0 Å². The van der Waals surface area contributed by atoms with Gasteiger partial charge in [0, 0.05) is 18.3 Å². The number of rotatable bonds is 6. The van der Waals surface area contributed by atoms with Crippen LogP contribution in [0.3, 0.4) is 0 Å². The lowest BCUT2D eigenvalue weighted by Crippen LogP contribution is -2.25. The largest absolute Gasteiger partial charge is 0.382 e. The molecule has 96 valence electrons. The van der Waals surface area contributed by atoms with E-state index in [1.807, 2.05) is 20.1 Å². The SMILES string of the molecule is CSCCNC(=O)c1sc(NC(C)C)nc1N. The van der Waals surface area contributed by atoms with Crippen molar-refractivity contribution in [2.75, 3.05) is 29.6 Å². The number of nitrogen functional groups attached to an aromatic ring is 1. The van der Waals surface area contributed by atoms with Gasteiger partial charge in [-0.3, -0.25) is 4.79 Å². The molecule has 0 aromatic carbocycles. The molecule has 4 N–H and O–H groups in total. The fourth-order valence-corrected chi connectivity index (χ4v) is 2.40. The first-order chi connectivity index (χ1) is 8.04. The summed E-state index contributed by atoms with van der Waals surface area (Å²) in [5.74, 6) is 1.03. The maximum absolute atomic E-state index is 11.8. The average molecular weight is 274 g/mol. The van der Waals surface area contributed by atoms with E-state index in [1.54, 1.807) is 11.8 Å². The Hall–Kier alpha value is -0.950. The van der Waals surface area contributed by atoms with Gasteiger partial charge >= 0.3 is 0 Å². The van der Waals surface area contributed by atoms with Gasteiger partial charge in [0.05, 0.1) is 0 Å². The number of anilines is 2. The van der Waals surface area contributed by atoms with Crippen molar-refractivity contribution in [1.82, 2.24) is 10.3 Å². The second-order valence-electron chi connectivity index (χ2n) is 3.78. The van der Waals surface area contributed by atoms with Crippen LogP contribution in [0.4, 0.5) is 10.9 Å². The minimum atomic E-state index is -0.147. The summed E-state index contributed by atoms with van der Waals surface area (Å²) in [6.45, 7) is 4.66. The molecule has 0 fully saturated rings. The standard InChI is InChI=1S/C10H18N4OS2/c1-6(2)13-10-14-8(11)7(17-10)9(15)12-4-5-16-3/h6H,4-5,11H2,1-3H3,(H,12,15)(H,13,14). The van der Waals surface area contributed by atoms with Crippen molar-refractivity contribution in [3.63, 3.8) is 0 Å². The van der Waals surface area contributed by atoms with E-state index in [-0.39, 0.29) is 11.9 Å². The maximum Gasteiger partial charge on any atom is 0.265 e. The van der Waals surface area contributed by atoms with Crippen LogP contribution in [0.5, 0.6) is 0 Å². The van der Waals surface area contributed by atoms with E-state index in [9.17, 15) is 4.79 Å². The number of aromatic nitrogens is 1. The van der Waals surface area contributed by atoms with Gasteiger partial charge in [0.15, 0.2) is 5.13 Å². The third kappa shape index (κ3) is 4.43. The highest BCUT2D eigenvalue weighted by Gasteiger charge is 2.15. The Morgan fingerprint density at radius 1 is 1.59 bits per heavy atom. The van der Waals surface area contributed by atoms with Gasteiger partial charge in [-0.1, -0.05) is 11.3 Å². The molecule has 1 aromatic heterocycles. The number of carbonyl (C=O) groups excluding carboxylic acids is 1. The molecule has 0 atom stereocenters. The first kappa shape index (κ1) is 14.1. The molecule has 0 aliphatic rings. The Bertz CT molecular complexity index is 378. The van der Waals surface area contributed by atoms with Crippen molar-refractivity contribution < 1.29 is 4.79 Å². The number of nitrogens with zero attached hydrogens (tertiary/aromatic N) is 1. The van der Waals surface area contributed by atoms with Crippen molar-refractivity contribution in [3.05, 3.63) is 4.88 Å². The molecule has 1 heterocycles. The topological polar surface area (TPSA) is 80.0 Å². The van der Waals surface area contributed by atoms with Crippen LogP contribution in [-0.2, 0) is 0 Å². The third-order valence-electron chi connectivity index (χ3n) is 1.86. The van der Waals surface area contributed by atoms with Gasteiger partial charge in [0.2, 0.25) is 0 Å². The predicted molar refractivity (Wildman–Crippen MR) is 76.0 cm³/mol. The summed E-state index contributed by atoms with van der Waals surface area (Å²) >= 11 is 2.97. The van der Waals surface area contributed by atoms with E-state index in [0.29, 0.717) is 22.4 Å². The molecule has 5 nitrogen and oxygen atoms in total. The van der Waals surface area contributed by atoms with Crippen molar-refractivity contribution in [2.45, 2.75) is 19.9 Å². The Balaban J connectivity index is 2.63. The third-order valence-corrected chi connectivity index (χ3v) is 3.48. The number of carbonyl (C=O) groups is 1. The van der Waals surface area contributed by atoms with Crippen LogP contribution in [0.25, 0.3) is 0 Å². The molecular formula is C10H18N4OS2. The smallest absolute Gasteiger partial charge is 0.265 e. The van der Waals surface area contributed by atoms with E-state index >= 15 is 0 Å². The molecule has 0 radical (unpaired) electrons. The molecule has 1 rings (SSSR count). The van der Waals surface area contributed by atoms with E-state index in [2.05, 4.69) is 15.6 Å². The predicted octanol–water partition coefficient (Wildman–Crippen LogP) is 1.64. The Morgan fingerprint density at radius 3 is 2.88 bits per heavy atom. The van der Waals surface area contributed by atoms with E-state index in [4.69, 9.17) is 5.73 Å². The zero-order valence-corrected chi connectivity index (χ0v) is 11.9. The maximum atomic E-state index is 11.8. The molecule has 1 aromatic rings. The number of hydrogen-bond acceptors (Lipinski definition) is 6. The zero-order chi connectivity index (χ0) is 12.8. The van der Waals surface area contributed by atoms with E-state index < -0.39 is 0 Å². The summed E-state index contributed by atoms with van der Waals surface area (Å²) in [6, 6.07) is 0.271. The monoisotopic (exact) mass is 274 g/mol. The van der Waals surface area contributed by atoms with Crippen LogP contribution in [-0.4, -0.2) is 35.5 Å². The van der Waals surface area contributed by atoms with Gasteiger partial charge in [0.1, 0.15) is 10.7 Å². The Kier molecular flexibility index (Phi) is 5.57. The minimum absolute atomic E-state index is 0.147. The van der Waals surface area contributed by atoms with Crippen LogP contribution in [0, 0.1) is 0 Å². The number of hydrogen-bond donors (Lipinski definition) is 3. The molecule has 7 heteroatoms. The Labute approximate surface area is 110 Å². The van der Waals surface area contributed by atoms with E-state index in [1.165, 1.54) is 11.3 Å². The normalized spacial score (nSPS) is 10.6. The molecule has 0 bridgehead atoms. The Morgan fingerprint density at radius 2 is 2.29 bits per heavy atom. The quantitative estimate of drug-likeness (QED) is 0.687. The number of nitrogens with two attached hydrogens (primary N) is 1. The molecular weight excluding hydrogens is 256 g/mol. The molecule has 17 heavy (non-hydrogen) atoms. The van der Waals surface area contributed by atoms with Crippen LogP contribution in [0.1, 0.15) is 23.5 Å². The van der Waals surface area contributed by atoms with Crippen molar-refractivity contribution >= 4 is 40.0 Å². The lowest BCUT2D eigenvalue weighted by atomic mass is 10.4. The highest BCUT2D eigenvalue weighted by Crippen LogP contribution is 2.25. The van der Waals surface area contributed by atoms with Gasteiger partial charge in [-0.15, -0.1) is 0 Å². The second-order valence-corrected chi connectivity index (χ2v) is 5.77. The number of nitrogens with one attached hydrogen (secondary N) is 2. The minimum Gasteiger partial charge on any atom is -0.382 e. The summed E-state index contributed by atoms with van der Waals surface area (Å²) < 4.78 is 0. The van der Waals surface area contributed by atoms with Gasteiger partial charge in [-0.25, -0.2) is 4.98 Å². The second kappa shape index (κ2) is 6.70. The number of thiazole rings is 1. The first-order valence-corrected chi connectivity index (χ1v) is 7.55. The van der Waals surface area contributed by atoms with E-state index in [0.717, 1.165) is 5.75 Å². The molecule has 1 amide bonds. The summed E-state index contributed by atoms with van der Waals surface area (Å²) in [6.07, 6.45) is 2.00. The lowest BCUT2D eigenvalue weighted by Gasteiger charge is -2.04. The molecule has 0 aliphatic carbocycles. The highest BCUT2D eigenvalue weighted by atomic mass is 32.2. The summed E-state index contributed by atoms with van der Waals surface area (Å²) in [7, 11) is 0. The zero-order valence-electron chi connectivity index (χ0n) is 10.2. The molecule has 0 saturated heterocycles. The summed E-state index contributed by atoms with van der Waals surface area (Å²) in [5.41, 5.74) is 5.72. The van der Waals surface area contributed by atoms with Crippen molar-refractivity contribution in [1.29, 1.82) is 0 Å². The highest BCUT2D eigenvalue weighted by molar-refractivity contribution is 7.98. The molecule has 0 spiro atoms. The number of thioether (sulfide) groups is 1.